The number of aliphatic hydroxyl groups excluding tert-OH is 1. The Labute approximate surface area is 214 Å². The minimum Gasteiger partial charge on any atom is -0.507 e. The molecule has 0 aliphatic carbocycles. The van der Waals surface area contributed by atoms with E-state index >= 15 is 0 Å². The monoisotopic (exact) mass is 501 g/mol. The van der Waals surface area contributed by atoms with E-state index in [0.29, 0.717) is 40.5 Å². The van der Waals surface area contributed by atoms with Crippen LogP contribution < -0.4 is 14.4 Å². The second kappa shape index (κ2) is 10.6. The standard InChI is InChI=1S/C29H27NO7/c1-5-37-22-15-12-19(16-17(22)2)26(31)24-25(21-8-6-7-9-23(21)35-3)30(28(33)27(24)32)20-13-10-18(11-14-20)29(34)36-4/h6-16,25,31H,5H2,1-4H3/b26-24+. The molecule has 1 heterocycles. The average molecular weight is 502 g/mol. The molecule has 8 nitrogen and oxygen atoms in total. The SMILES string of the molecule is CCOc1ccc(/C(O)=C2\C(=O)C(=O)N(c3ccc(C(=O)OC)cc3)C2c2ccccc2OC)cc1C. The van der Waals surface area contributed by atoms with Crippen molar-refractivity contribution in [2.24, 2.45) is 0 Å². The molecule has 1 N–H and O–H groups in total. The fraction of sp³-hybridized carbons (Fsp3) is 0.207. The summed E-state index contributed by atoms with van der Waals surface area (Å²) in [5.41, 5.74) is 2.25. The highest BCUT2D eigenvalue weighted by Gasteiger charge is 2.48. The Morgan fingerprint density at radius 1 is 0.946 bits per heavy atom. The number of para-hydroxylation sites is 1. The smallest absolute Gasteiger partial charge is 0.337 e. The van der Waals surface area contributed by atoms with E-state index in [4.69, 9.17) is 14.2 Å². The summed E-state index contributed by atoms with van der Waals surface area (Å²) < 4.78 is 15.9. The number of rotatable bonds is 7. The van der Waals surface area contributed by atoms with E-state index in [2.05, 4.69) is 0 Å². The summed E-state index contributed by atoms with van der Waals surface area (Å²) in [5.74, 6) is -1.39. The molecule has 1 atom stereocenters. The molecular weight excluding hydrogens is 474 g/mol. The first kappa shape index (κ1) is 25.5. The Morgan fingerprint density at radius 2 is 1.62 bits per heavy atom. The summed E-state index contributed by atoms with van der Waals surface area (Å²) in [6.07, 6.45) is 0. The number of anilines is 1. The van der Waals surface area contributed by atoms with Crippen LogP contribution in [-0.2, 0) is 14.3 Å². The number of nitrogens with zero attached hydrogens (tertiary/aromatic N) is 1. The van der Waals surface area contributed by atoms with Crippen LogP contribution in [0.25, 0.3) is 5.76 Å². The van der Waals surface area contributed by atoms with E-state index in [9.17, 15) is 19.5 Å². The molecule has 0 aromatic heterocycles. The van der Waals surface area contributed by atoms with Crippen LogP contribution >= 0.6 is 0 Å². The first-order chi connectivity index (χ1) is 17.8. The van der Waals surface area contributed by atoms with Crippen LogP contribution in [0.2, 0.25) is 0 Å². The highest BCUT2D eigenvalue weighted by molar-refractivity contribution is 6.51. The maximum absolute atomic E-state index is 13.4. The van der Waals surface area contributed by atoms with Gasteiger partial charge in [0.2, 0.25) is 0 Å². The van der Waals surface area contributed by atoms with Gasteiger partial charge in [-0.1, -0.05) is 18.2 Å². The lowest BCUT2D eigenvalue weighted by Gasteiger charge is -2.26. The zero-order valence-electron chi connectivity index (χ0n) is 21.0. The highest BCUT2D eigenvalue weighted by Crippen LogP contribution is 2.45. The number of carbonyl (C=O) groups excluding carboxylic acids is 3. The largest absolute Gasteiger partial charge is 0.507 e. The van der Waals surface area contributed by atoms with Gasteiger partial charge in [-0.15, -0.1) is 0 Å². The van der Waals surface area contributed by atoms with E-state index in [1.807, 2.05) is 13.8 Å². The van der Waals surface area contributed by atoms with Crippen LogP contribution in [0.15, 0.2) is 72.3 Å². The van der Waals surface area contributed by atoms with E-state index < -0.39 is 23.7 Å². The number of carbonyl (C=O) groups is 3. The highest BCUT2D eigenvalue weighted by atomic mass is 16.5. The first-order valence-corrected chi connectivity index (χ1v) is 11.7. The van der Waals surface area contributed by atoms with Crippen LogP contribution in [0.4, 0.5) is 5.69 Å². The number of hydrogen-bond acceptors (Lipinski definition) is 7. The summed E-state index contributed by atoms with van der Waals surface area (Å²) in [6.45, 7) is 4.19. The van der Waals surface area contributed by atoms with Gasteiger partial charge >= 0.3 is 5.97 Å². The quantitative estimate of drug-likeness (QED) is 0.214. The molecule has 3 aromatic carbocycles. The maximum Gasteiger partial charge on any atom is 0.337 e. The molecule has 190 valence electrons. The van der Waals surface area contributed by atoms with Crippen molar-refractivity contribution in [3.8, 4) is 11.5 Å². The zero-order chi connectivity index (χ0) is 26.7. The molecule has 1 saturated heterocycles. The van der Waals surface area contributed by atoms with Crippen LogP contribution in [0, 0.1) is 6.92 Å². The molecule has 0 radical (unpaired) electrons. The number of esters is 1. The topological polar surface area (TPSA) is 102 Å². The molecule has 1 unspecified atom stereocenters. The number of methoxy groups -OCH3 is 2. The van der Waals surface area contributed by atoms with E-state index in [1.165, 1.54) is 31.3 Å². The van der Waals surface area contributed by atoms with Gasteiger partial charge in [0.15, 0.2) is 0 Å². The van der Waals surface area contributed by atoms with Crippen molar-refractivity contribution >= 4 is 29.1 Å². The summed E-state index contributed by atoms with van der Waals surface area (Å²) >= 11 is 0. The molecule has 3 aromatic rings. The van der Waals surface area contributed by atoms with Crippen LogP contribution in [0.3, 0.4) is 0 Å². The molecule has 1 amide bonds. The van der Waals surface area contributed by atoms with Crippen molar-refractivity contribution in [2.75, 3.05) is 25.7 Å². The number of aryl methyl sites for hydroxylation is 1. The van der Waals surface area contributed by atoms with Gasteiger partial charge in [-0.05, 0) is 67.9 Å². The van der Waals surface area contributed by atoms with Crippen molar-refractivity contribution in [2.45, 2.75) is 19.9 Å². The summed E-state index contributed by atoms with van der Waals surface area (Å²) in [4.78, 5) is 40.0. The molecule has 0 spiro atoms. The van der Waals surface area contributed by atoms with Gasteiger partial charge in [0.25, 0.3) is 11.7 Å². The predicted octanol–water partition coefficient (Wildman–Crippen LogP) is 4.82. The number of ether oxygens (including phenoxy) is 3. The van der Waals surface area contributed by atoms with Crippen molar-refractivity contribution in [3.05, 3.63) is 94.6 Å². The number of amides is 1. The van der Waals surface area contributed by atoms with Gasteiger partial charge in [-0.2, -0.15) is 0 Å². The van der Waals surface area contributed by atoms with Crippen molar-refractivity contribution in [3.63, 3.8) is 0 Å². The van der Waals surface area contributed by atoms with Crippen LogP contribution in [0.1, 0.15) is 40.0 Å². The van der Waals surface area contributed by atoms with E-state index in [0.717, 1.165) is 5.56 Å². The lowest BCUT2D eigenvalue weighted by molar-refractivity contribution is -0.132. The lowest BCUT2D eigenvalue weighted by atomic mass is 9.94. The van der Waals surface area contributed by atoms with Crippen molar-refractivity contribution in [1.29, 1.82) is 0 Å². The Bertz CT molecular complexity index is 1390. The molecule has 8 heteroatoms. The summed E-state index contributed by atoms with van der Waals surface area (Å²) in [6, 6.07) is 17.2. The average Bonchev–Trinajstić information content (AvgIpc) is 3.18. The van der Waals surface area contributed by atoms with Gasteiger partial charge in [0.1, 0.15) is 17.3 Å². The van der Waals surface area contributed by atoms with E-state index in [1.54, 1.807) is 54.6 Å². The second-order valence-electron chi connectivity index (χ2n) is 8.36. The zero-order valence-corrected chi connectivity index (χ0v) is 21.0. The third-order valence-electron chi connectivity index (χ3n) is 6.19. The minimum absolute atomic E-state index is 0.0740. The number of aliphatic hydroxyl groups is 1. The van der Waals surface area contributed by atoms with Gasteiger partial charge in [0, 0.05) is 16.8 Å². The number of benzene rings is 3. The molecule has 0 bridgehead atoms. The van der Waals surface area contributed by atoms with Gasteiger partial charge < -0.3 is 19.3 Å². The molecule has 1 fully saturated rings. The molecule has 4 rings (SSSR count). The Morgan fingerprint density at radius 3 is 2.24 bits per heavy atom. The van der Waals surface area contributed by atoms with E-state index in [-0.39, 0.29) is 11.3 Å². The van der Waals surface area contributed by atoms with Crippen LogP contribution in [0.5, 0.6) is 11.5 Å². The summed E-state index contributed by atoms with van der Waals surface area (Å²) in [7, 11) is 2.77. The van der Waals surface area contributed by atoms with Gasteiger partial charge in [-0.25, -0.2) is 4.79 Å². The first-order valence-electron chi connectivity index (χ1n) is 11.7. The fourth-order valence-electron chi connectivity index (χ4n) is 4.43. The molecular formula is C29H27NO7. The normalized spacial score (nSPS) is 16.5. The molecule has 1 aliphatic heterocycles. The molecule has 0 saturated carbocycles. The number of Topliss-reactive ketones (excluding diaryl/α,β-unsaturated/α-hetero) is 1. The third-order valence-corrected chi connectivity index (χ3v) is 6.19. The molecule has 37 heavy (non-hydrogen) atoms. The third kappa shape index (κ3) is 4.65. The lowest BCUT2D eigenvalue weighted by Crippen LogP contribution is -2.29. The Balaban J connectivity index is 1.91. The maximum atomic E-state index is 13.4. The Kier molecular flexibility index (Phi) is 7.29. The fourth-order valence-corrected chi connectivity index (χ4v) is 4.43. The van der Waals surface area contributed by atoms with Crippen LogP contribution in [-0.4, -0.2) is 43.6 Å². The van der Waals surface area contributed by atoms with Gasteiger partial charge in [-0.3, -0.25) is 14.5 Å². The number of ketones is 1. The summed E-state index contributed by atoms with van der Waals surface area (Å²) in [5, 5.41) is 11.4. The van der Waals surface area contributed by atoms with Crippen molar-refractivity contribution < 1.29 is 33.7 Å². The van der Waals surface area contributed by atoms with Gasteiger partial charge in [0.05, 0.1) is 38.0 Å². The number of hydrogen-bond donors (Lipinski definition) is 1. The second-order valence-corrected chi connectivity index (χ2v) is 8.36. The Hall–Kier alpha value is -4.59. The van der Waals surface area contributed by atoms with Crippen molar-refractivity contribution in [1.82, 2.24) is 0 Å². The molecule has 1 aliphatic rings. The predicted molar refractivity (Wildman–Crippen MR) is 138 cm³/mol. The minimum atomic E-state index is -0.980.